The van der Waals surface area contributed by atoms with Gasteiger partial charge in [0.2, 0.25) is 5.91 Å². The lowest BCUT2D eigenvalue weighted by atomic mass is 10.1. The number of aromatic carboxylic acids is 1. The minimum Gasteiger partial charge on any atom is -0.497 e. The Bertz CT molecular complexity index is 760. The lowest BCUT2D eigenvalue weighted by Crippen LogP contribution is -2.25. The molecule has 2 N–H and O–H groups in total. The van der Waals surface area contributed by atoms with E-state index in [1.807, 2.05) is 18.2 Å². The summed E-state index contributed by atoms with van der Waals surface area (Å²) in [6.45, 7) is 0.442. The topological polar surface area (TPSA) is 97.8 Å². The van der Waals surface area contributed by atoms with Gasteiger partial charge in [-0.3, -0.25) is 4.79 Å². The van der Waals surface area contributed by atoms with Crippen LogP contribution in [-0.4, -0.2) is 42.7 Å². The maximum absolute atomic E-state index is 11.9. The molecule has 0 bridgehead atoms. The number of aryl methyl sites for hydroxylation is 1. The van der Waals surface area contributed by atoms with Gasteiger partial charge in [-0.1, -0.05) is 6.07 Å². The minimum atomic E-state index is -1.04. The molecule has 0 aliphatic heterocycles. The van der Waals surface area contributed by atoms with Gasteiger partial charge in [0.15, 0.2) is 5.69 Å². The summed E-state index contributed by atoms with van der Waals surface area (Å²) in [5.74, 6) is 0.414. The molecule has 1 heterocycles. The number of carboxylic acids is 1. The van der Waals surface area contributed by atoms with Gasteiger partial charge >= 0.3 is 5.97 Å². The van der Waals surface area contributed by atoms with E-state index in [4.69, 9.17) is 14.6 Å². The van der Waals surface area contributed by atoms with Crippen molar-refractivity contribution >= 4 is 23.2 Å². The third-order valence-corrected chi connectivity index (χ3v) is 4.68. The van der Waals surface area contributed by atoms with E-state index in [2.05, 4.69) is 10.3 Å². The average Bonchev–Trinajstić information content (AvgIpc) is 3.11. The zero-order valence-electron chi connectivity index (χ0n) is 14.8. The quantitative estimate of drug-likeness (QED) is 0.659. The molecule has 0 saturated heterocycles. The average molecular weight is 378 g/mol. The van der Waals surface area contributed by atoms with Crippen molar-refractivity contribution in [2.45, 2.75) is 25.7 Å². The molecule has 0 fully saturated rings. The number of amides is 1. The number of hydrogen-bond donors (Lipinski definition) is 2. The molecular weight excluding hydrogens is 356 g/mol. The normalized spacial score (nSPS) is 10.4. The van der Waals surface area contributed by atoms with Crippen LogP contribution >= 0.6 is 11.3 Å². The van der Waals surface area contributed by atoms with E-state index in [-0.39, 0.29) is 11.6 Å². The zero-order valence-corrected chi connectivity index (χ0v) is 15.6. The number of carbonyl (C=O) groups is 2. The molecule has 0 aliphatic rings. The van der Waals surface area contributed by atoms with E-state index in [0.29, 0.717) is 30.8 Å². The standard InChI is InChI=1S/C18H22N2O5S/c1-24-13-7-6-12(15(10-13)25-2)4-3-5-16(21)19-9-8-17-20-14(11-26-17)18(22)23/h6-7,10-11H,3-5,8-9H2,1-2H3,(H,19,21)(H,22,23). The molecule has 1 amide bonds. The Morgan fingerprint density at radius 1 is 1.23 bits per heavy atom. The number of aromatic nitrogens is 1. The Hall–Kier alpha value is -2.61. The number of carboxylic acid groups (broad SMARTS) is 1. The predicted molar refractivity (Wildman–Crippen MR) is 98.3 cm³/mol. The van der Waals surface area contributed by atoms with E-state index in [9.17, 15) is 9.59 Å². The van der Waals surface area contributed by atoms with Gasteiger partial charge in [-0.15, -0.1) is 11.3 Å². The molecule has 0 atom stereocenters. The van der Waals surface area contributed by atoms with Gasteiger partial charge in [-0.05, 0) is 24.5 Å². The molecule has 7 nitrogen and oxygen atoms in total. The van der Waals surface area contributed by atoms with Crippen molar-refractivity contribution < 1.29 is 24.2 Å². The zero-order chi connectivity index (χ0) is 18.9. The number of nitrogens with one attached hydrogen (secondary N) is 1. The highest BCUT2D eigenvalue weighted by molar-refractivity contribution is 7.09. The van der Waals surface area contributed by atoms with E-state index in [1.54, 1.807) is 14.2 Å². The highest BCUT2D eigenvalue weighted by Crippen LogP contribution is 2.25. The largest absolute Gasteiger partial charge is 0.497 e. The minimum absolute atomic E-state index is 0.0347. The molecule has 0 saturated carbocycles. The summed E-state index contributed by atoms with van der Waals surface area (Å²) < 4.78 is 10.5. The Kier molecular flexibility index (Phi) is 7.40. The van der Waals surface area contributed by atoms with Crippen molar-refractivity contribution in [1.82, 2.24) is 10.3 Å². The van der Waals surface area contributed by atoms with E-state index >= 15 is 0 Å². The Morgan fingerprint density at radius 2 is 2.04 bits per heavy atom. The fourth-order valence-corrected chi connectivity index (χ4v) is 3.19. The van der Waals surface area contributed by atoms with Crippen LogP contribution in [0.25, 0.3) is 0 Å². The Morgan fingerprint density at radius 3 is 2.69 bits per heavy atom. The monoisotopic (exact) mass is 378 g/mol. The predicted octanol–water partition coefficient (Wildman–Crippen LogP) is 2.54. The second-order valence-electron chi connectivity index (χ2n) is 5.56. The highest BCUT2D eigenvalue weighted by atomic mass is 32.1. The highest BCUT2D eigenvalue weighted by Gasteiger charge is 2.09. The molecule has 8 heteroatoms. The summed E-state index contributed by atoms with van der Waals surface area (Å²) in [6, 6.07) is 5.64. The summed E-state index contributed by atoms with van der Waals surface area (Å²) in [7, 11) is 3.21. The first-order valence-electron chi connectivity index (χ1n) is 8.18. The lowest BCUT2D eigenvalue weighted by Gasteiger charge is -2.10. The molecule has 1 aromatic heterocycles. The summed E-state index contributed by atoms with van der Waals surface area (Å²) in [5.41, 5.74) is 1.08. The lowest BCUT2D eigenvalue weighted by molar-refractivity contribution is -0.121. The summed E-state index contributed by atoms with van der Waals surface area (Å²) in [6.07, 6.45) is 2.37. The molecule has 2 rings (SSSR count). The van der Waals surface area contributed by atoms with Gasteiger partial charge in [-0.25, -0.2) is 9.78 Å². The number of hydrogen-bond acceptors (Lipinski definition) is 6. The second kappa shape index (κ2) is 9.76. The number of rotatable bonds is 10. The van der Waals surface area contributed by atoms with Crippen LogP contribution in [0.3, 0.4) is 0 Å². The second-order valence-corrected chi connectivity index (χ2v) is 6.51. The van der Waals surface area contributed by atoms with Crippen molar-refractivity contribution in [1.29, 1.82) is 0 Å². The van der Waals surface area contributed by atoms with Gasteiger partial charge in [-0.2, -0.15) is 0 Å². The van der Waals surface area contributed by atoms with E-state index in [0.717, 1.165) is 23.5 Å². The smallest absolute Gasteiger partial charge is 0.355 e. The number of thiazole rings is 1. The van der Waals surface area contributed by atoms with E-state index in [1.165, 1.54) is 16.7 Å². The first-order chi connectivity index (χ1) is 12.5. The van der Waals surface area contributed by atoms with Crippen molar-refractivity contribution in [3.63, 3.8) is 0 Å². The van der Waals surface area contributed by atoms with Crippen molar-refractivity contribution in [2.75, 3.05) is 20.8 Å². The first kappa shape index (κ1) is 19.7. The molecule has 2 aromatic rings. The molecule has 0 spiro atoms. The number of nitrogens with zero attached hydrogens (tertiary/aromatic N) is 1. The van der Waals surface area contributed by atoms with Crippen LogP contribution in [0.2, 0.25) is 0 Å². The van der Waals surface area contributed by atoms with Gasteiger partial charge in [0.1, 0.15) is 11.5 Å². The van der Waals surface area contributed by atoms with Gasteiger partial charge in [0.05, 0.1) is 19.2 Å². The number of methoxy groups -OCH3 is 2. The number of carbonyl (C=O) groups excluding carboxylic acids is 1. The first-order valence-corrected chi connectivity index (χ1v) is 9.06. The molecule has 0 radical (unpaired) electrons. The van der Waals surface area contributed by atoms with Gasteiger partial charge < -0.3 is 19.9 Å². The third kappa shape index (κ3) is 5.73. The Balaban J connectivity index is 1.71. The SMILES string of the molecule is COc1ccc(CCCC(=O)NCCc2nc(C(=O)O)cs2)c(OC)c1. The number of benzene rings is 1. The van der Waals surface area contributed by atoms with Crippen LogP contribution in [0.1, 0.15) is 33.9 Å². The maximum atomic E-state index is 11.9. The fraction of sp³-hybridized carbons (Fsp3) is 0.389. The summed E-state index contributed by atoms with van der Waals surface area (Å²) in [4.78, 5) is 26.7. The van der Waals surface area contributed by atoms with Gasteiger partial charge in [0, 0.05) is 30.8 Å². The fourth-order valence-electron chi connectivity index (χ4n) is 2.42. The summed E-state index contributed by atoms with van der Waals surface area (Å²) in [5, 5.41) is 13.9. The van der Waals surface area contributed by atoms with Gasteiger partial charge in [0.25, 0.3) is 0 Å². The summed E-state index contributed by atoms with van der Waals surface area (Å²) >= 11 is 1.28. The van der Waals surface area contributed by atoms with E-state index < -0.39 is 5.97 Å². The van der Waals surface area contributed by atoms with Crippen molar-refractivity contribution in [3.05, 3.63) is 39.8 Å². The molecular formula is C18H22N2O5S. The van der Waals surface area contributed by atoms with Crippen LogP contribution in [0.15, 0.2) is 23.6 Å². The third-order valence-electron chi connectivity index (χ3n) is 3.78. The van der Waals surface area contributed by atoms with Crippen LogP contribution in [-0.2, 0) is 17.6 Å². The van der Waals surface area contributed by atoms with Crippen LogP contribution in [0, 0.1) is 0 Å². The van der Waals surface area contributed by atoms with Crippen molar-refractivity contribution in [3.8, 4) is 11.5 Å². The van der Waals surface area contributed by atoms with Crippen LogP contribution in [0.4, 0.5) is 0 Å². The van der Waals surface area contributed by atoms with Crippen LogP contribution in [0.5, 0.6) is 11.5 Å². The molecule has 0 aliphatic carbocycles. The molecule has 140 valence electrons. The molecule has 0 unspecified atom stereocenters. The van der Waals surface area contributed by atoms with Crippen LogP contribution < -0.4 is 14.8 Å². The molecule has 26 heavy (non-hydrogen) atoms. The van der Waals surface area contributed by atoms with Crippen molar-refractivity contribution in [2.24, 2.45) is 0 Å². The Labute approximate surface area is 156 Å². The molecule has 1 aromatic carbocycles. The number of ether oxygens (including phenoxy) is 2. The maximum Gasteiger partial charge on any atom is 0.355 e.